The normalized spacial score (nSPS) is 9.65. The van der Waals surface area contributed by atoms with Crippen LogP contribution in [-0.4, -0.2) is 12.1 Å². The van der Waals surface area contributed by atoms with Crippen LogP contribution < -0.4 is 4.74 Å². The van der Waals surface area contributed by atoms with Crippen LogP contribution in [0.4, 0.5) is 0 Å². The number of ether oxygens (including phenoxy) is 1. The van der Waals surface area contributed by atoms with Crippen molar-refractivity contribution >= 4 is 0 Å². The monoisotopic (exact) mass is 224 g/mol. The lowest BCUT2D eigenvalue weighted by atomic mass is 10.1. The minimum absolute atomic E-state index is 0.388. The summed E-state index contributed by atoms with van der Waals surface area (Å²) in [6.45, 7) is 0. The van der Waals surface area contributed by atoms with E-state index in [-0.39, 0.29) is 0 Å². The summed E-state index contributed by atoms with van der Waals surface area (Å²) < 4.78 is 5.29. The lowest BCUT2D eigenvalue weighted by Crippen LogP contribution is -1.91. The molecule has 1 aromatic heterocycles. The van der Waals surface area contributed by atoms with E-state index in [9.17, 15) is 0 Å². The van der Waals surface area contributed by atoms with E-state index in [1.807, 2.05) is 36.4 Å². The molecule has 0 spiro atoms. The van der Waals surface area contributed by atoms with Gasteiger partial charge in [-0.1, -0.05) is 18.2 Å². The van der Waals surface area contributed by atoms with Crippen LogP contribution in [0.25, 0.3) is 11.3 Å². The first-order chi connectivity index (χ1) is 8.35. The molecule has 0 amide bonds. The molecule has 0 unspecified atom stereocenters. The first kappa shape index (κ1) is 11.2. The van der Waals surface area contributed by atoms with Crippen LogP contribution in [-0.2, 0) is 6.42 Å². The summed E-state index contributed by atoms with van der Waals surface area (Å²) in [5.41, 5.74) is 2.73. The number of rotatable bonds is 3. The van der Waals surface area contributed by atoms with Gasteiger partial charge in [0.2, 0.25) is 0 Å². The van der Waals surface area contributed by atoms with E-state index in [0.717, 1.165) is 22.6 Å². The van der Waals surface area contributed by atoms with Crippen LogP contribution in [0.15, 0.2) is 42.6 Å². The second kappa shape index (κ2) is 5.13. The van der Waals surface area contributed by atoms with Crippen molar-refractivity contribution in [2.75, 3.05) is 7.11 Å². The minimum atomic E-state index is 0.388. The fourth-order valence-corrected chi connectivity index (χ4v) is 1.64. The van der Waals surface area contributed by atoms with Gasteiger partial charge in [-0.05, 0) is 23.8 Å². The summed E-state index contributed by atoms with van der Waals surface area (Å²) in [5.74, 6) is 0.799. The van der Waals surface area contributed by atoms with Gasteiger partial charge in [0.15, 0.2) is 0 Å². The fourth-order valence-electron chi connectivity index (χ4n) is 1.64. The number of hydrogen-bond acceptors (Lipinski definition) is 3. The largest absolute Gasteiger partial charge is 0.496 e. The van der Waals surface area contributed by atoms with Gasteiger partial charge in [0.25, 0.3) is 0 Å². The predicted octanol–water partition coefficient (Wildman–Crippen LogP) is 2.82. The first-order valence-corrected chi connectivity index (χ1v) is 5.30. The van der Waals surface area contributed by atoms with Gasteiger partial charge in [-0.2, -0.15) is 5.26 Å². The van der Waals surface area contributed by atoms with Crippen molar-refractivity contribution in [3.63, 3.8) is 0 Å². The average Bonchev–Trinajstić information content (AvgIpc) is 2.40. The molecule has 0 aliphatic rings. The van der Waals surface area contributed by atoms with Crippen molar-refractivity contribution in [3.8, 4) is 23.1 Å². The van der Waals surface area contributed by atoms with Crippen LogP contribution in [0.3, 0.4) is 0 Å². The summed E-state index contributed by atoms with van der Waals surface area (Å²) in [5, 5.41) is 8.59. The Kier molecular flexibility index (Phi) is 3.37. The molecule has 0 fully saturated rings. The number of methoxy groups -OCH3 is 1. The molecule has 1 heterocycles. The van der Waals surface area contributed by atoms with Crippen molar-refractivity contribution in [3.05, 3.63) is 48.2 Å². The molecular weight excluding hydrogens is 212 g/mol. The minimum Gasteiger partial charge on any atom is -0.496 e. The molecule has 0 aliphatic heterocycles. The highest BCUT2D eigenvalue weighted by atomic mass is 16.5. The third-order valence-corrected chi connectivity index (χ3v) is 2.49. The molecule has 3 nitrogen and oxygen atoms in total. The van der Waals surface area contributed by atoms with E-state index < -0.39 is 0 Å². The number of pyridine rings is 1. The van der Waals surface area contributed by atoms with E-state index in [2.05, 4.69) is 11.1 Å². The Morgan fingerprint density at radius 2 is 2.06 bits per heavy atom. The molecule has 0 saturated heterocycles. The van der Waals surface area contributed by atoms with Gasteiger partial charge >= 0.3 is 0 Å². The maximum atomic E-state index is 8.59. The number of hydrogen-bond donors (Lipinski definition) is 0. The molecule has 3 heteroatoms. The summed E-state index contributed by atoms with van der Waals surface area (Å²) in [6.07, 6.45) is 2.12. The highest BCUT2D eigenvalue weighted by Gasteiger charge is 2.05. The van der Waals surface area contributed by atoms with Crippen LogP contribution in [0, 0.1) is 11.3 Å². The molecule has 0 N–H and O–H groups in total. The third kappa shape index (κ3) is 2.43. The van der Waals surface area contributed by atoms with Gasteiger partial charge in [0.05, 0.1) is 25.3 Å². The second-order valence-electron chi connectivity index (χ2n) is 3.59. The Hall–Kier alpha value is -2.34. The number of para-hydroxylation sites is 1. The van der Waals surface area contributed by atoms with Crippen LogP contribution in [0.1, 0.15) is 5.56 Å². The van der Waals surface area contributed by atoms with E-state index in [0.29, 0.717) is 6.42 Å². The van der Waals surface area contributed by atoms with Crippen molar-refractivity contribution in [1.82, 2.24) is 4.98 Å². The Bertz CT molecular complexity index is 541. The standard InChI is InChI=1S/C14H12N2O/c1-17-14-5-3-2-4-12(14)13-7-6-11(8-9-15)10-16-13/h2-7,10H,8H2,1H3. The van der Waals surface area contributed by atoms with Crippen LogP contribution >= 0.6 is 0 Å². The van der Waals surface area contributed by atoms with Crippen LogP contribution in [0.5, 0.6) is 5.75 Å². The maximum Gasteiger partial charge on any atom is 0.128 e. The summed E-state index contributed by atoms with van der Waals surface area (Å²) in [6, 6.07) is 13.7. The zero-order valence-electron chi connectivity index (χ0n) is 9.55. The number of nitrogens with zero attached hydrogens (tertiary/aromatic N) is 2. The number of nitriles is 1. The van der Waals surface area contributed by atoms with Gasteiger partial charge < -0.3 is 4.74 Å². The van der Waals surface area contributed by atoms with E-state index in [1.54, 1.807) is 13.3 Å². The Balaban J connectivity index is 2.37. The van der Waals surface area contributed by atoms with Crippen molar-refractivity contribution in [2.24, 2.45) is 0 Å². The van der Waals surface area contributed by atoms with Gasteiger partial charge in [-0.3, -0.25) is 4.98 Å². The SMILES string of the molecule is COc1ccccc1-c1ccc(CC#N)cn1. The Morgan fingerprint density at radius 1 is 1.24 bits per heavy atom. The quantitative estimate of drug-likeness (QED) is 0.805. The summed E-state index contributed by atoms with van der Waals surface area (Å²) in [4.78, 5) is 4.35. The molecule has 84 valence electrons. The lowest BCUT2D eigenvalue weighted by molar-refractivity contribution is 0.416. The van der Waals surface area contributed by atoms with Crippen LogP contribution in [0.2, 0.25) is 0 Å². The van der Waals surface area contributed by atoms with Gasteiger partial charge in [0, 0.05) is 11.8 Å². The van der Waals surface area contributed by atoms with E-state index in [4.69, 9.17) is 10.00 Å². The molecule has 0 atom stereocenters. The summed E-state index contributed by atoms with van der Waals surface area (Å²) in [7, 11) is 1.64. The van der Waals surface area contributed by atoms with Crippen molar-refractivity contribution in [1.29, 1.82) is 5.26 Å². The molecule has 2 rings (SSSR count). The molecule has 0 aliphatic carbocycles. The molecule has 0 saturated carbocycles. The second-order valence-corrected chi connectivity index (χ2v) is 3.59. The molecule has 0 bridgehead atoms. The van der Waals surface area contributed by atoms with Gasteiger partial charge in [-0.25, -0.2) is 0 Å². The van der Waals surface area contributed by atoms with Gasteiger partial charge in [-0.15, -0.1) is 0 Å². The first-order valence-electron chi connectivity index (χ1n) is 5.30. The molecule has 1 aromatic carbocycles. The molecule has 17 heavy (non-hydrogen) atoms. The highest BCUT2D eigenvalue weighted by Crippen LogP contribution is 2.27. The number of aromatic nitrogens is 1. The fraction of sp³-hybridized carbons (Fsp3) is 0.143. The van der Waals surface area contributed by atoms with Crippen molar-refractivity contribution in [2.45, 2.75) is 6.42 Å². The zero-order chi connectivity index (χ0) is 12.1. The lowest BCUT2D eigenvalue weighted by Gasteiger charge is -2.07. The summed E-state index contributed by atoms with van der Waals surface area (Å²) >= 11 is 0. The average molecular weight is 224 g/mol. The third-order valence-electron chi connectivity index (χ3n) is 2.49. The highest BCUT2D eigenvalue weighted by molar-refractivity contribution is 5.66. The zero-order valence-corrected chi connectivity index (χ0v) is 9.55. The Labute approximate surface area is 100 Å². The molecular formula is C14H12N2O. The smallest absolute Gasteiger partial charge is 0.128 e. The van der Waals surface area contributed by atoms with E-state index in [1.165, 1.54) is 0 Å². The molecule has 2 aromatic rings. The van der Waals surface area contributed by atoms with Gasteiger partial charge in [0.1, 0.15) is 5.75 Å². The molecule has 0 radical (unpaired) electrons. The maximum absolute atomic E-state index is 8.59. The van der Waals surface area contributed by atoms with Crippen molar-refractivity contribution < 1.29 is 4.74 Å². The number of benzene rings is 1. The topological polar surface area (TPSA) is 45.9 Å². The Morgan fingerprint density at radius 3 is 2.71 bits per heavy atom. The van der Waals surface area contributed by atoms with E-state index >= 15 is 0 Å². The predicted molar refractivity (Wildman–Crippen MR) is 65.5 cm³/mol.